The molecule has 1 aromatic heterocycles. The van der Waals surface area contributed by atoms with E-state index in [0.717, 1.165) is 10.9 Å². The van der Waals surface area contributed by atoms with Gasteiger partial charge in [-0.05, 0) is 32.4 Å². The molecule has 98 valence electrons. The second-order valence-electron chi connectivity index (χ2n) is 5.17. The first-order valence-electron chi connectivity index (χ1n) is 6.25. The van der Waals surface area contributed by atoms with Crippen molar-refractivity contribution >= 4 is 16.7 Å². The third kappa shape index (κ3) is 3.01. The van der Waals surface area contributed by atoms with Gasteiger partial charge in [0.05, 0.1) is 11.1 Å². The summed E-state index contributed by atoms with van der Waals surface area (Å²) in [6.45, 7) is 4.04. The molecule has 0 spiro atoms. The van der Waals surface area contributed by atoms with E-state index in [9.17, 15) is 5.26 Å². The Labute approximate surface area is 112 Å². The van der Waals surface area contributed by atoms with Crippen molar-refractivity contribution < 1.29 is 5.11 Å². The number of nitrogens with zero attached hydrogens (tertiary/aromatic N) is 2. The number of para-hydroxylation sites is 1. The molecule has 4 heteroatoms. The van der Waals surface area contributed by atoms with Gasteiger partial charge in [0.1, 0.15) is 11.9 Å². The number of nitriles is 1. The summed E-state index contributed by atoms with van der Waals surface area (Å²) < 4.78 is 0. The van der Waals surface area contributed by atoms with Crippen LogP contribution in [0.4, 0.5) is 5.82 Å². The number of aromatic nitrogens is 1. The number of pyridine rings is 1. The topological polar surface area (TPSA) is 68.9 Å². The first-order chi connectivity index (χ1) is 9.05. The third-order valence-corrected chi connectivity index (χ3v) is 3.04. The van der Waals surface area contributed by atoms with E-state index in [0.29, 0.717) is 17.8 Å². The quantitative estimate of drug-likeness (QED) is 0.881. The molecular formula is C15H17N3O. The number of anilines is 1. The SMILES string of the molecule is CC(C)(CCO)Nc1nc2ccccc2cc1C#N. The highest BCUT2D eigenvalue weighted by atomic mass is 16.3. The van der Waals surface area contributed by atoms with Gasteiger partial charge in [-0.25, -0.2) is 4.98 Å². The molecule has 4 nitrogen and oxygen atoms in total. The molecule has 0 atom stereocenters. The molecule has 2 aromatic rings. The number of aliphatic hydroxyl groups is 1. The smallest absolute Gasteiger partial charge is 0.145 e. The van der Waals surface area contributed by atoms with Gasteiger partial charge in [-0.2, -0.15) is 5.26 Å². The highest BCUT2D eigenvalue weighted by Crippen LogP contribution is 2.23. The zero-order chi connectivity index (χ0) is 13.9. The fourth-order valence-corrected chi connectivity index (χ4v) is 1.96. The summed E-state index contributed by atoms with van der Waals surface area (Å²) in [6, 6.07) is 11.7. The molecule has 2 rings (SSSR count). The average Bonchev–Trinajstić information content (AvgIpc) is 2.37. The molecule has 0 bridgehead atoms. The van der Waals surface area contributed by atoms with Crippen LogP contribution in [0.15, 0.2) is 30.3 Å². The van der Waals surface area contributed by atoms with Gasteiger partial charge in [0.15, 0.2) is 0 Å². The van der Waals surface area contributed by atoms with Crippen LogP contribution in [0.1, 0.15) is 25.8 Å². The van der Waals surface area contributed by atoms with Crippen LogP contribution >= 0.6 is 0 Å². The maximum Gasteiger partial charge on any atom is 0.145 e. The fourth-order valence-electron chi connectivity index (χ4n) is 1.96. The molecule has 0 aliphatic rings. The van der Waals surface area contributed by atoms with Crippen molar-refractivity contribution in [2.24, 2.45) is 0 Å². The molecule has 1 aromatic carbocycles. The summed E-state index contributed by atoms with van der Waals surface area (Å²) in [5.74, 6) is 0.569. The van der Waals surface area contributed by atoms with Gasteiger partial charge in [0, 0.05) is 17.5 Å². The lowest BCUT2D eigenvalue weighted by Gasteiger charge is -2.26. The van der Waals surface area contributed by atoms with Crippen LogP contribution in [0.3, 0.4) is 0 Å². The zero-order valence-corrected chi connectivity index (χ0v) is 11.1. The highest BCUT2D eigenvalue weighted by Gasteiger charge is 2.19. The first-order valence-corrected chi connectivity index (χ1v) is 6.25. The molecule has 0 saturated carbocycles. The molecule has 1 heterocycles. The number of benzene rings is 1. The van der Waals surface area contributed by atoms with Gasteiger partial charge in [-0.15, -0.1) is 0 Å². The van der Waals surface area contributed by atoms with Crippen LogP contribution in [-0.4, -0.2) is 22.2 Å². The van der Waals surface area contributed by atoms with E-state index in [1.807, 2.05) is 44.2 Å². The fraction of sp³-hybridized carbons (Fsp3) is 0.333. The Morgan fingerprint density at radius 3 is 2.79 bits per heavy atom. The lowest BCUT2D eigenvalue weighted by molar-refractivity contribution is 0.260. The number of aliphatic hydroxyl groups excluding tert-OH is 1. The van der Waals surface area contributed by atoms with E-state index in [1.54, 1.807) is 0 Å². The maximum atomic E-state index is 9.23. The van der Waals surface area contributed by atoms with Gasteiger partial charge in [-0.1, -0.05) is 18.2 Å². The summed E-state index contributed by atoms with van der Waals surface area (Å²) in [4.78, 5) is 4.50. The summed E-state index contributed by atoms with van der Waals surface area (Å²) in [5.41, 5.74) is 1.06. The maximum absolute atomic E-state index is 9.23. The summed E-state index contributed by atoms with van der Waals surface area (Å²) in [7, 11) is 0. The Morgan fingerprint density at radius 1 is 1.37 bits per heavy atom. The molecule has 0 aliphatic heterocycles. The van der Waals surface area contributed by atoms with Crippen LogP contribution in [0.25, 0.3) is 10.9 Å². The van der Waals surface area contributed by atoms with Crippen LogP contribution in [-0.2, 0) is 0 Å². The molecule has 0 aliphatic carbocycles. The van der Waals surface area contributed by atoms with Crippen molar-refractivity contribution in [2.75, 3.05) is 11.9 Å². The Morgan fingerprint density at radius 2 is 2.11 bits per heavy atom. The lowest BCUT2D eigenvalue weighted by atomic mass is 10.0. The van der Waals surface area contributed by atoms with Crippen molar-refractivity contribution in [1.29, 1.82) is 5.26 Å². The second kappa shape index (κ2) is 5.25. The minimum atomic E-state index is -0.310. The van der Waals surface area contributed by atoms with E-state index >= 15 is 0 Å². The minimum absolute atomic E-state index is 0.0927. The largest absolute Gasteiger partial charge is 0.396 e. The van der Waals surface area contributed by atoms with E-state index in [2.05, 4.69) is 16.4 Å². The van der Waals surface area contributed by atoms with Crippen molar-refractivity contribution in [2.45, 2.75) is 25.8 Å². The Kier molecular flexibility index (Phi) is 3.68. The van der Waals surface area contributed by atoms with E-state index in [1.165, 1.54) is 0 Å². The Hall–Kier alpha value is -2.12. The predicted molar refractivity (Wildman–Crippen MR) is 75.9 cm³/mol. The van der Waals surface area contributed by atoms with Crippen molar-refractivity contribution in [3.05, 3.63) is 35.9 Å². The van der Waals surface area contributed by atoms with Gasteiger partial charge in [0.25, 0.3) is 0 Å². The number of nitrogens with one attached hydrogen (secondary N) is 1. The van der Waals surface area contributed by atoms with Crippen LogP contribution in [0.5, 0.6) is 0 Å². The van der Waals surface area contributed by atoms with Crippen molar-refractivity contribution in [1.82, 2.24) is 4.98 Å². The zero-order valence-electron chi connectivity index (χ0n) is 11.1. The monoisotopic (exact) mass is 255 g/mol. The number of rotatable bonds is 4. The molecule has 19 heavy (non-hydrogen) atoms. The predicted octanol–water partition coefficient (Wildman–Crippen LogP) is 2.68. The number of hydrogen-bond donors (Lipinski definition) is 2. The molecule has 0 amide bonds. The van der Waals surface area contributed by atoms with Gasteiger partial charge in [-0.3, -0.25) is 0 Å². The van der Waals surface area contributed by atoms with E-state index in [4.69, 9.17) is 5.11 Å². The number of fused-ring (bicyclic) bond motifs is 1. The van der Waals surface area contributed by atoms with Crippen LogP contribution in [0, 0.1) is 11.3 Å². The van der Waals surface area contributed by atoms with Gasteiger partial charge in [0.2, 0.25) is 0 Å². The second-order valence-corrected chi connectivity index (χ2v) is 5.17. The summed E-state index contributed by atoms with van der Waals surface area (Å²) in [6.07, 6.45) is 0.590. The molecule has 0 radical (unpaired) electrons. The summed E-state index contributed by atoms with van der Waals surface area (Å²) >= 11 is 0. The van der Waals surface area contributed by atoms with Crippen LogP contribution in [0.2, 0.25) is 0 Å². The lowest BCUT2D eigenvalue weighted by Crippen LogP contribution is -2.32. The Bertz CT molecular complexity index is 629. The van der Waals surface area contributed by atoms with E-state index < -0.39 is 0 Å². The third-order valence-electron chi connectivity index (χ3n) is 3.04. The highest BCUT2D eigenvalue weighted by molar-refractivity contribution is 5.82. The normalized spacial score (nSPS) is 11.3. The van der Waals surface area contributed by atoms with Gasteiger partial charge >= 0.3 is 0 Å². The molecular weight excluding hydrogens is 238 g/mol. The molecule has 0 fully saturated rings. The number of hydrogen-bond acceptors (Lipinski definition) is 4. The molecule has 0 saturated heterocycles. The van der Waals surface area contributed by atoms with Gasteiger partial charge < -0.3 is 10.4 Å². The van der Waals surface area contributed by atoms with Crippen LogP contribution < -0.4 is 5.32 Å². The minimum Gasteiger partial charge on any atom is -0.396 e. The summed E-state index contributed by atoms with van der Waals surface area (Å²) in [5, 5.41) is 22.5. The first kappa shape index (κ1) is 13.3. The van der Waals surface area contributed by atoms with Crippen molar-refractivity contribution in [3.8, 4) is 6.07 Å². The standard InChI is InChI=1S/C15H17N3O/c1-15(2,7-8-19)18-14-12(10-16)9-11-5-3-4-6-13(11)17-14/h3-6,9,19H,7-8H2,1-2H3,(H,17,18). The van der Waals surface area contributed by atoms with Crippen molar-refractivity contribution in [3.63, 3.8) is 0 Å². The van der Waals surface area contributed by atoms with E-state index in [-0.39, 0.29) is 12.1 Å². The average molecular weight is 255 g/mol. The molecule has 2 N–H and O–H groups in total. The molecule has 0 unspecified atom stereocenters. The Balaban J connectivity index is 2.45.